The van der Waals surface area contributed by atoms with Gasteiger partial charge in [-0.2, -0.15) is 4.37 Å². The average molecular weight is 393 g/mol. The van der Waals surface area contributed by atoms with Gasteiger partial charge in [-0.1, -0.05) is 60.7 Å². The summed E-state index contributed by atoms with van der Waals surface area (Å²) in [5, 5.41) is 3.93. The van der Waals surface area contributed by atoms with Gasteiger partial charge in [-0.3, -0.25) is 4.79 Å². The van der Waals surface area contributed by atoms with Crippen molar-refractivity contribution in [2.45, 2.75) is 38.3 Å². The Kier molecular flexibility index (Phi) is 5.97. The second kappa shape index (κ2) is 8.97. The predicted octanol–water partition coefficient (Wildman–Crippen LogP) is 3.80. The predicted molar refractivity (Wildman–Crippen MR) is 112 cm³/mol. The Hall–Kier alpha value is -2.73. The number of carbonyl (C=O) groups is 1. The van der Waals surface area contributed by atoms with E-state index in [9.17, 15) is 4.79 Å². The molecule has 0 spiro atoms. The molecule has 4 rings (SSSR count). The smallest absolute Gasteiger partial charge is 0.221 e. The van der Waals surface area contributed by atoms with Crippen LogP contribution in [0.25, 0.3) is 0 Å². The van der Waals surface area contributed by atoms with Crippen molar-refractivity contribution in [3.05, 3.63) is 77.6 Å². The van der Waals surface area contributed by atoms with E-state index >= 15 is 0 Å². The average Bonchev–Trinajstić information content (AvgIpc) is 3.42. The normalized spacial score (nSPS) is 13.3. The minimum atomic E-state index is 0.120. The van der Waals surface area contributed by atoms with Gasteiger partial charge in [-0.15, -0.1) is 0 Å². The number of nitrogens with zero attached hydrogens (tertiary/aromatic N) is 3. The SMILES string of the molecule is O=C(CCN(Cc1ccccc1)c1nc(Cc2ccccc2)ns1)NC1CC1. The van der Waals surface area contributed by atoms with Crippen LogP contribution in [0, 0.1) is 0 Å². The zero-order chi connectivity index (χ0) is 19.2. The number of aromatic nitrogens is 2. The minimum Gasteiger partial charge on any atom is -0.353 e. The summed E-state index contributed by atoms with van der Waals surface area (Å²) < 4.78 is 4.55. The first-order valence-electron chi connectivity index (χ1n) is 9.71. The molecule has 0 bridgehead atoms. The van der Waals surface area contributed by atoms with Crippen LogP contribution in [0.3, 0.4) is 0 Å². The Morgan fingerprint density at radius 3 is 2.39 bits per heavy atom. The molecule has 5 nitrogen and oxygen atoms in total. The summed E-state index contributed by atoms with van der Waals surface area (Å²) in [7, 11) is 0. The number of benzene rings is 2. The van der Waals surface area contributed by atoms with E-state index in [0.717, 1.165) is 36.8 Å². The molecule has 1 aliphatic carbocycles. The lowest BCUT2D eigenvalue weighted by Crippen LogP contribution is -2.31. The fraction of sp³-hybridized carbons (Fsp3) is 0.318. The summed E-state index contributed by atoms with van der Waals surface area (Å²) in [5.41, 5.74) is 2.40. The lowest BCUT2D eigenvalue weighted by atomic mass is 10.1. The fourth-order valence-corrected chi connectivity index (χ4v) is 3.74. The third-order valence-corrected chi connectivity index (χ3v) is 5.52. The number of anilines is 1. The van der Waals surface area contributed by atoms with Crippen LogP contribution in [-0.4, -0.2) is 27.9 Å². The van der Waals surface area contributed by atoms with Gasteiger partial charge in [-0.25, -0.2) is 4.98 Å². The molecule has 144 valence electrons. The van der Waals surface area contributed by atoms with Gasteiger partial charge in [0.2, 0.25) is 11.0 Å². The lowest BCUT2D eigenvalue weighted by molar-refractivity contribution is -0.121. The van der Waals surface area contributed by atoms with Gasteiger partial charge >= 0.3 is 0 Å². The van der Waals surface area contributed by atoms with Crippen molar-refractivity contribution in [3.63, 3.8) is 0 Å². The molecule has 0 radical (unpaired) electrons. The zero-order valence-corrected chi connectivity index (χ0v) is 16.6. The molecular formula is C22H24N4OS. The summed E-state index contributed by atoms with van der Waals surface area (Å²) in [6.07, 6.45) is 3.41. The van der Waals surface area contributed by atoms with Crippen LogP contribution in [0.5, 0.6) is 0 Å². The molecule has 0 aliphatic heterocycles. The van der Waals surface area contributed by atoms with Crippen molar-refractivity contribution >= 4 is 22.6 Å². The molecule has 0 atom stereocenters. The lowest BCUT2D eigenvalue weighted by Gasteiger charge is -2.21. The molecule has 1 N–H and O–H groups in total. The van der Waals surface area contributed by atoms with Gasteiger partial charge < -0.3 is 10.2 Å². The van der Waals surface area contributed by atoms with Crippen LogP contribution in [-0.2, 0) is 17.8 Å². The summed E-state index contributed by atoms with van der Waals surface area (Å²) in [6.45, 7) is 1.35. The van der Waals surface area contributed by atoms with Crippen LogP contribution in [0.1, 0.15) is 36.2 Å². The first-order chi connectivity index (χ1) is 13.8. The Labute approximate surface area is 169 Å². The molecule has 3 aromatic rings. The van der Waals surface area contributed by atoms with Crippen molar-refractivity contribution in [3.8, 4) is 0 Å². The molecule has 6 heteroatoms. The monoisotopic (exact) mass is 392 g/mol. The molecule has 1 amide bonds. The number of amides is 1. The van der Waals surface area contributed by atoms with Gasteiger partial charge in [0, 0.05) is 43.5 Å². The van der Waals surface area contributed by atoms with E-state index in [-0.39, 0.29) is 5.91 Å². The molecule has 28 heavy (non-hydrogen) atoms. The maximum absolute atomic E-state index is 12.2. The van der Waals surface area contributed by atoms with Crippen LogP contribution >= 0.6 is 11.5 Å². The van der Waals surface area contributed by atoms with Gasteiger partial charge in [-0.05, 0) is 24.0 Å². The molecule has 1 aliphatic rings. The highest BCUT2D eigenvalue weighted by molar-refractivity contribution is 7.09. The summed E-state index contributed by atoms with van der Waals surface area (Å²) in [4.78, 5) is 19.1. The van der Waals surface area contributed by atoms with E-state index in [0.29, 0.717) is 19.0 Å². The van der Waals surface area contributed by atoms with Gasteiger partial charge in [0.15, 0.2) is 0 Å². The van der Waals surface area contributed by atoms with Crippen molar-refractivity contribution in [1.29, 1.82) is 0 Å². The van der Waals surface area contributed by atoms with Gasteiger partial charge in [0.25, 0.3) is 0 Å². The highest BCUT2D eigenvalue weighted by Gasteiger charge is 2.23. The largest absolute Gasteiger partial charge is 0.353 e. The Morgan fingerprint density at radius 2 is 1.71 bits per heavy atom. The van der Waals surface area contributed by atoms with Crippen LogP contribution in [0.15, 0.2) is 60.7 Å². The van der Waals surface area contributed by atoms with Crippen LogP contribution in [0.4, 0.5) is 5.13 Å². The number of hydrogen-bond donors (Lipinski definition) is 1. The molecule has 1 aromatic heterocycles. The second-order valence-electron chi connectivity index (χ2n) is 7.15. The quantitative estimate of drug-likeness (QED) is 0.602. The van der Waals surface area contributed by atoms with Crippen LogP contribution < -0.4 is 10.2 Å². The topological polar surface area (TPSA) is 58.1 Å². The number of carbonyl (C=O) groups excluding carboxylic acids is 1. The maximum atomic E-state index is 12.2. The van der Waals surface area contributed by atoms with Crippen molar-refractivity contribution in [2.24, 2.45) is 0 Å². The molecule has 1 heterocycles. The van der Waals surface area contributed by atoms with E-state index in [4.69, 9.17) is 4.98 Å². The van der Waals surface area contributed by atoms with E-state index in [1.165, 1.54) is 22.7 Å². The van der Waals surface area contributed by atoms with E-state index in [1.807, 2.05) is 36.4 Å². The van der Waals surface area contributed by atoms with E-state index in [2.05, 4.69) is 38.9 Å². The number of nitrogens with one attached hydrogen (secondary N) is 1. The Morgan fingerprint density at radius 1 is 1.04 bits per heavy atom. The molecule has 1 fully saturated rings. The number of hydrogen-bond acceptors (Lipinski definition) is 5. The molecule has 2 aromatic carbocycles. The standard InChI is InChI=1S/C22H24N4OS/c27-21(23-19-11-12-19)13-14-26(16-18-9-5-2-6-10-18)22-24-20(25-28-22)15-17-7-3-1-4-8-17/h1-10,19H,11-16H2,(H,23,27). The number of rotatable bonds is 9. The molecule has 0 unspecified atom stereocenters. The Bertz CT molecular complexity index is 893. The van der Waals surface area contributed by atoms with Crippen LogP contribution in [0.2, 0.25) is 0 Å². The van der Waals surface area contributed by atoms with Gasteiger partial charge in [0.05, 0.1) is 0 Å². The summed E-state index contributed by atoms with van der Waals surface area (Å²) in [6, 6.07) is 20.9. The minimum absolute atomic E-state index is 0.120. The third-order valence-electron chi connectivity index (χ3n) is 4.70. The van der Waals surface area contributed by atoms with Crippen molar-refractivity contribution < 1.29 is 4.79 Å². The highest BCUT2D eigenvalue weighted by Crippen LogP contribution is 2.22. The Balaban J connectivity index is 1.44. The second-order valence-corrected chi connectivity index (χ2v) is 7.88. The first kappa shape index (κ1) is 18.6. The maximum Gasteiger partial charge on any atom is 0.221 e. The molecule has 1 saturated carbocycles. The highest BCUT2D eigenvalue weighted by atomic mass is 32.1. The van der Waals surface area contributed by atoms with Crippen molar-refractivity contribution in [2.75, 3.05) is 11.4 Å². The van der Waals surface area contributed by atoms with E-state index in [1.54, 1.807) is 0 Å². The fourth-order valence-electron chi connectivity index (χ4n) is 3.03. The summed E-state index contributed by atoms with van der Waals surface area (Å²) in [5.74, 6) is 0.946. The first-order valence-corrected chi connectivity index (χ1v) is 10.5. The summed E-state index contributed by atoms with van der Waals surface area (Å²) >= 11 is 1.41. The van der Waals surface area contributed by atoms with Crippen molar-refractivity contribution in [1.82, 2.24) is 14.7 Å². The third kappa shape index (κ3) is 5.39. The van der Waals surface area contributed by atoms with Gasteiger partial charge in [0.1, 0.15) is 5.82 Å². The molecule has 0 saturated heterocycles. The zero-order valence-electron chi connectivity index (χ0n) is 15.8. The molecular weight excluding hydrogens is 368 g/mol. The van der Waals surface area contributed by atoms with E-state index < -0.39 is 0 Å².